The Hall–Kier alpha value is -3.31. The van der Waals surface area contributed by atoms with E-state index in [4.69, 9.17) is 9.47 Å². The van der Waals surface area contributed by atoms with Crippen LogP contribution in [0.2, 0.25) is 0 Å². The zero-order valence-corrected chi connectivity index (χ0v) is 22.8. The highest BCUT2D eigenvalue weighted by molar-refractivity contribution is 6.06. The number of carbonyl (C=O) groups excluding carboxylic acids is 1. The van der Waals surface area contributed by atoms with Gasteiger partial charge >= 0.3 is 0 Å². The largest absolute Gasteiger partial charge is 0.493 e. The highest BCUT2D eigenvalue weighted by Gasteiger charge is 2.31. The minimum atomic E-state index is -0.0133. The summed E-state index contributed by atoms with van der Waals surface area (Å²) in [6, 6.07) is 24.6. The van der Waals surface area contributed by atoms with E-state index in [1.165, 1.54) is 38.5 Å². The summed E-state index contributed by atoms with van der Waals surface area (Å²) in [5, 5.41) is 0. The van der Waals surface area contributed by atoms with Crippen LogP contribution in [-0.2, 0) is 0 Å². The third kappa shape index (κ3) is 6.05. The molecule has 0 N–H and O–H groups in total. The molecule has 3 aromatic carbocycles. The van der Waals surface area contributed by atoms with Crippen LogP contribution in [0.3, 0.4) is 0 Å². The van der Waals surface area contributed by atoms with Gasteiger partial charge in [-0.1, -0.05) is 61.7 Å². The zero-order valence-electron chi connectivity index (χ0n) is 22.8. The van der Waals surface area contributed by atoms with Crippen molar-refractivity contribution in [1.82, 2.24) is 4.90 Å². The first-order valence-electron chi connectivity index (χ1n) is 14.1. The number of hydrogen-bond donors (Lipinski definition) is 0. The monoisotopic (exact) mass is 512 g/mol. The lowest BCUT2D eigenvalue weighted by Crippen LogP contribution is -2.45. The van der Waals surface area contributed by atoms with Gasteiger partial charge in [-0.3, -0.25) is 9.69 Å². The summed E-state index contributed by atoms with van der Waals surface area (Å²) in [5.41, 5.74) is 3.78. The van der Waals surface area contributed by atoms with E-state index in [1.54, 1.807) is 20.3 Å². The zero-order chi connectivity index (χ0) is 26.3. The molecule has 5 rings (SSSR count). The van der Waals surface area contributed by atoms with Crippen molar-refractivity contribution < 1.29 is 14.3 Å². The molecule has 1 saturated carbocycles. The van der Waals surface area contributed by atoms with Gasteiger partial charge in [0.15, 0.2) is 11.5 Å². The van der Waals surface area contributed by atoms with Crippen LogP contribution in [-0.4, -0.2) is 50.7 Å². The van der Waals surface area contributed by atoms with E-state index in [9.17, 15) is 4.79 Å². The maximum absolute atomic E-state index is 14.2. The lowest BCUT2D eigenvalue weighted by atomic mass is 9.89. The summed E-state index contributed by atoms with van der Waals surface area (Å²) in [7, 11) is 3.22. The highest BCUT2D eigenvalue weighted by Crippen LogP contribution is 2.32. The minimum absolute atomic E-state index is 0.0133. The molecule has 0 aromatic heterocycles. The second-order valence-electron chi connectivity index (χ2n) is 10.7. The maximum Gasteiger partial charge on any atom is 0.258 e. The van der Waals surface area contributed by atoms with Crippen molar-refractivity contribution >= 4 is 11.6 Å². The van der Waals surface area contributed by atoms with Crippen molar-refractivity contribution in [2.75, 3.05) is 38.8 Å². The van der Waals surface area contributed by atoms with Crippen LogP contribution >= 0.6 is 0 Å². The first kappa shape index (κ1) is 26.3. The molecule has 1 atom stereocenters. The highest BCUT2D eigenvalue weighted by atomic mass is 16.5. The van der Waals surface area contributed by atoms with Crippen molar-refractivity contribution in [3.8, 4) is 22.6 Å². The molecule has 0 bridgehead atoms. The second kappa shape index (κ2) is 12.5. The van der Waals surface area contributed by atoms with Gasteiger partial charge in [0.25, 0.3) is 5.91 Å². The maximum atomic E-state index is 14.2. The van der Waals surface area contributed by atoms with Crippen LogP contribution in [0.1, 0.15) is 55.3 Å². The predicted octanol–water partition coefficient (Wildman–Crippen LogP) is 7.06. The van der Waals surface area contributed by atoms with E-state index in [1.807, 2.05) is 23.1 Å². The molecule has 1 aliphatic heterocycles. The van der Waals surface area contributed by atoms with Gasteiger partial charge in [-0.15, -0.1) is 0 Å². The van der Waals surface area contributed by atoms with Gasteiger partial charge < -0.3 is 14.4 Å². The fourth-order valence-corrected chi connectivity index (χ4v) is 6.17. The molecule has 1 aliphatic carbocycles. The van der Waals surface area contributed by atoms with E-state index < -0.39 is 0 Å². The number of rotatable bonds is 9. The van der Waals surface area contributed by atoms with Crippen LogP contribution < -0.4 is 14.4 Å². The molecule has 1 saturated heterocycles. The molecule has 5 nitrogen and oxygen atoms in total. The molecule has 5 heteroatoms. The quantitative estimate of drug-likeness (QED) is 0.308. The van der Waals surface area contributed by atoms with E-state index in [0.717, 1.165) is 42.2 Å². The van der Waals surface area contributed by atoms with Gasteiger partial charge in [0.05, 0.1) is 14.2 Å². The molecule has 3 aromatic rings. The number of anilines is 1. The van der Waals surface area contributed by atoms with Crippen LogP contribution in [0, 0.1) is 5.92 Å². The van der Waals surface area contributed by atoms with E-state index in [2.05, 4.69) is 53.4 Å². The number of likely N-dealkylation sites (tertiary alicyclic amines) is 1. The fraction of sp³-hybridized carbons (Fsp3) is 0.424. The predicted molar refractivity (Wildman–Crippen MR) is 154 cm³/mol. The summed E-state index contributed by atoms with van der Waals surface area (Å²) in [6.45, 7) is 2.97. The molecule has 1 amide bonds. The van der Waals surface area contributed by atoms with Gasteiger partial charge in [-0.25, -0.2) is 0 Å². The van der Waals surface area contributed by atoms with Gasteiger partial charge in [0.2, 0.25) is 0 Å². The molecule has 2 aliphatic rings. The standard InChI is InChI=1S/C33H40N2O3/c1-37-31-19-18-28(22-32(31)38-2)33(36)35(29-16-9-15-27(21-29)26-13-7-4-8-14-26)24-30-17-10-20-34(30)23-25-11-5-3-6-12-25/h4,7-9,13-16,18-19,21-22,25,30H,3,5-6,10-12,17,20,23-24H2,1-2H3/t30-/m0/s1. The molecular weight excluding hydrogens is 472 g/mol. The molecule has 200 valence electrons. The molecule has 0 radical (unpaired) electrons. The average Bonchev–Trinajstić information content (AvgIpc) is 3.42. The summed E-state index contributed by atoms with van der Waals surface area (Å²) in [6.07, 6.45) is 9.11. The summed E-state index contributed by atoms with van der Waals surface area (Å²) in [5.74, 6) is 1.97. The van der Waals surface area contributed by atoms with Crippen molar-refractivity contribution in [1.29, 1.82) is 0 Å². The first-order chi connectivity index (χ1) is 18.7. The molecule has 1 heterocycles. The Bertz CT molecular complexity index is 1210. The fourth-order valence-electron chi connectivity index (χ4n) is 6.17. The van der Waals surface area contributed by atoms with Crippen molar-refractivity contribution in [2.45, 2.75) is 51.0 Å². The average molecular weight is 513 g/mol. The Morgan fingerprint density at radius 3 is 2.34 bits per heavy atom. The number of methoxy groups -OCH3 is 2. The molecule has 2 fully saturated rings. The Morgan fingerprint density at radius 2 is 1.58 bits per heavy atom. The topological polar surface area (TPSA) is 42.0 Å². The number of ether oxygens (including phenoxy) is 2. The van der Waals surface area contributed by atoms with Gasteiger partial charge in [-0.2, -0.15) is 0 Å². The lowest BCUT2D eigenvalue weighted by molar-refractivity contribution is 0.0975. The van der Waals surface area contributed by atoms with Crippen LogP contribution in [0.15, 0.2) is 72.8 Å². The number of hydrogen-bond acceptors (Lipinski definition) is 4. The SMILES string of the molecule is COc1ccc(C(=O)N(C[C@@H]2CCCN2CC2CCCCC2)c2cccc(-c3ccccc3)c2)cc1OC. The van der Waals surface area contributed by atoms with Crippen LogP contribution in [0.5, 0.6) is 11.5 Å². The molecule has 0 spiro atoms. The molecular formula is C33H40N2O3. The second-order valence-corrected chi connectivity index (χ2v) is 10.7. The van der Waals surface area contributed by atoms with E-state index >= 15 is 0 Å². The number of benzene rings is 3. The van der Waals surface area contributed by atoms with E-state index in [0.29, 0.717) is 29.6 Å². The minimum Gasteiger partial charge on any atom is -0.493 e. The van der Waals surface area contributed by atoms with Crippen LogP contribution in [0.25, 0.3) is 11.1 Å². The van der Waals surface area contributed by atoms with Gasteiger partial charge in [-0.05, 0) is 79.6 Å². The summed E-state index contributed by atoms with van der Waals surface area (Å²) < 4.78 is 10.9. The first-order valence-corrected chi connectivity index (χ1v) is 14.1. The van der Waals surface area contributed by atoms with E-state index in [-0.39, 0.29) is 5.91 Å². The Morgan fingerprint density at radius 1 is 0.816 bits per heavy atom. The third-order valence-corrected chi connectivity index (χ3v) is 8.25. The third-order valence-electron chi connectivity index (χ3n) is 8.25. The number of carbonyl (C=O) groups is 1. The lowest BCUT2D eigenvalue weighted by Gasteiger charge is -2.34. The Labute approximate surface area is 227 Å². The van der Waals surface area contributed by atoms with Gasteiger partial charge in [0.1, 0.15) is 0 Å². The van der Waals surface area contributed by atoms with Crippen LogP contribution in [0.4, 0.5) is 5.69 Å². The van der Waals surface area contributed by atoms with Crippen molar-refractivity contribution in [2.24, 2.45) is 5.92 Å². The Kier molecular flexibility index (Phi) is 8.65. The number of amides is 1. The smallest absolute Gasteiger partial charge is 0.258 e. The van der Waals surface area contributed by atoms with Crippen molar-refractivity contribution in [3.05, 3.63) is 78.4 Å². The summed E-state index contributed by atoms with van der Waals surface area (Å²) in [4.78, 5) is 18.8. The molecule has 0 unspecified atom stereocenters. The molecule has 38 heavy (non-hydrogen) atoms. The van der Waals surface area contributed by atoms with Gasteiger partial charge in [0, 0.05) is 30.4 Å². The van der Waals surface area contributed by atoms with Crippen molar-refractivity contribution in [3.63, 3.8) is 0 Å². The summed E-state index contributed by atoms with van der Waals surface area (Å²) >= 11 is 0. The Balaban J connectivity index is 1.45. The normalized spacial score (nSPS) is 18.3. The number of nitrogens with zero attached hydrogens (tertiary/aromatic N) is 2.